The summed E-state index contributed by atoms with van der Waals surface area (Å²) in [5.41, 5.74) is 18.0. The van der Waals surface area contributed by atoms with Crippen LogP contribution in [0.4, 0.5) is 29.1 Å². The average molecular weight is 1170 g/mol. The molecule has 446 valence electrons. The molecule has 0 spiro atoms. The first-order chi connectivity index (χ1) is 39.6. The van der Waals surface area contributed by atoms with Crippen LogP contribution >= 0.6 is 11.3 Å². The minimum absolute atomic E-state index is 0.0320. The van der Waals surface area contributed by atoms with Crippen LogP contribution in [0.5, 0.6) is 0 Å². The molecule has 19 nitrogen and oxygen atoms in total. The van der Waals surface area contributed by atoms with Gasteiger partial charge in [-0.15, -0.1) is 11.3 Å². The Morgan fingerprint density at radius 2 is 1.72 bits per heavy atom. The number of aromatic nitrogens is 6. The van der Waals surface area contributed by atoms with Gasteiger partial charge in [0.25, 0.3) is 12.9 Å². The number of halogens is 4. The van der Waals surface area contributed by atoms with Gasteiger partial charge in [-0.25, -0.2) is 37.5 Å². The molecule has 3 amide bonds. The number of imidazole rings is 1. The number of rotatable bonds is 21. The first-order valence-corrected chi connectivity index (χ1v) is 29.2. The number of thiazole rings is 1. The van der Waals surface area contributed by atoms with Crippen LogP contribution in [0, 0.1) is 12.3 Å². The molecule has 0 unspecified atom stereocenters. The molecule has 6 atom stereocenters. The number of hydrogen-bond donors (Lipinski definition) is 6. The molecule has 2 aromatic carbocycles. The Balaban J connectivity index is 0.755. The topological polar surface area (TPSA) is 256 Å². The van der Waals surface area contributed by atoms with Gasteiger partial charge in [0.15, 0.2) is 11.5 Å². The van der Waals surface area contributed by atoms with Gasteiger partial charge in [0.2, 0.25) is 17.7 Å². The van der Waals surface area contributed by atoms with E-state index in [1.54, 1.807) is 50.8 Å². The Labute approximate surface area is 484 Å². The van der Waals surface area contributed by atoms with E-state index in [9.17, 15) is 33.4 Å². The van der Waals surface area contributed by atoms with Gasteiger partial charge in [0.1, 0.15) is 30.0 Å². The minimum atomic E-state index is -3.04. The highest BCUT2D eigenvalue weighted by molar-refractivity contribution is 7.13. The van der Waals surface area contributed by atoms with Gasteiger partial charge in [0.05, 0.1) is 70.8 Å². The molecule has 3 aliphatic heterocycles. The van der Waals surface area contributed by atoms with Crippen molar-refractivity contribution in [3.05, 3.63) is 101 Å². The number of nitrogens with zero attached hydrogens (tertiary/aromatic N) is 9. The number of ether oxygens (including phenoxy) is 1. The molecular formula is C59H75F4N13O6S. The van der Waals surface area contributed by atoms with Crippen molar-refractivity contribution in [3.8, 4) is 21.7 Å². The fraction of sp³-hybridized carbons (Fsp3) is 0.525. The number of fused-ring (bicyclic) bond motifs is 1. The number of nitrogen functional groups attached to an aromatic ring is 1. The summed E-state index contributed by atoms with van der Waals surface area (Å²) >= 11 is 1.56. The third kappa shape index (κ3) is 14.1. The summed E-state index contributed by atoms with van der Waals surface area (Å²) in [6, 6.07) is 12.5. The molecule has 3 saturated heterocycles. The predicted octanol–water partition coefficient (Wildman–Crippen LogP) is 7.16. The number of benzene rings is 2. The number of anilines is 2. The Morgan fingerprint density at radius 1 is 0.964 bits per heavy atom. The lowest BCUT2D eigenvalue weighted by molar-refractivity contribution is -0.144. The SMILES string of the molecule is Cc1ncsc1-c1ccc([C@H](C)NC(=O)[C@@H]2C[C@@H](O)CN2C(=O)[C@@H](NC(=O)CCCOCCN2CCC(c3ccc(-c4cc(Cn5cnc6c(N)ncnc65)c(N5CCC[C@](N)([C@H](O)C(F)F)C5)cn4)c(C(F)F)c3)CC2)C(C)(C)C)cc1. The fourth-order valence-corrected chi connectivity index (χ4v) is 12.5. The molecule has 0 radical (unpaired) electrons. The number of aryl methyl sites for hydroxylation is 1. The lowest BCUT2D eigenvalue weighted by atomic mass is 9.84. The summed E-state index contributed by atoms with van der Waals surface area (Å²) in [6.07, 6.45) is -1.76. The summed E-state index contributed by atoms with van der Waals surface area (Å²) in [5, 5.41) is 27.1. The van der Waals surface area contributed by atoms with Crippen molar-refractivity contribution in [1.29, 1.82) is 0 Å². The van der Waals surface area contributed by atoms with E-state index in [4.69, 9.17) is 16.2 Å². The van der Waals surface area contributed by atoms with Gasteiger partial charge in [-0.2, -0.15) is 0 Å². The second-order valence-electron chi connectivity index (χ2n) is 23.4. The molecule has 7 heterocycles. The van der Waals surface area contributed by atoms with Crippen LogP contribution in [-0.4, -0.2) is 156 Å². The van der Waals surface area contributed by atoms with Crippen molar-refractivity contribution in [2.45, 2.75) is 141 Å². The van der Waals surface area contributed by atoms with Crippen LogP contribution in [-0.2, 0) is 25.7 Å². The lowest BCUT2D eigenvalue weighted by Crippen LogP contribution is -2.63. The summed E-state index contributed by atoms with van der Waals surface area (Å²) < 4.78 is 65.5. The number of nitrogens with two attached hydrogens (primary N) is 2. The number of carbonyl (C=O) groups is 3. The van der Waals surface area contributed by atoms with Gasteiger partial charge in [-0.05, 0) is 105 Å². The second kappa shape index (κ2) is 26.1. The number of alkyl halides is 4. The van der Waals surface area contributed by atoms with Crippen molar-refractivity contribution in [1.82, 2.24) is 49.9 Å². The smallest absolute Gasteiger partial charge is 0.265 e. The Morgan fingerprint density at radius 3 is 2.42 bits per heavy atom. The largest absolute Gasteiger partial charge is 0.391 e. The van der Waals surface area contributed by atoms with E-state index in [-0.39, 0.29) is 85.3 Å². The van der Waals surface area contributed by atoms with Gasteiger partial charge >= 0.3 is 0 Å². The van der Waals surface area contributed by atoms with Crippen LogP contribution in [0.3, 0.4) is 0 Å². The van der Waals surface area contributed by atoms with Crippen molar-refractivity contribution in [3.63, 3.8) is 0 Å². The van der Waals surface area contributed by atoms with Crippen LogP contribution < -0.4 is 27.0 Å². The molecule has 3 aliphatic rings. The monoisotopic (exact) mass is 1170 g/mol. The van der Waals surface area contributed by atoms with E-state index in [1.165, 1.54) is 17.4 Å². The molecule has 0 aliphatic carbocycles. The van der Waals surface area contributed by atoms with Gasteiger partial charge in [-0.1, -0.05) is 57.2 Å². The standard InChI is InChI=1S/C59H75F4N13O6S/c1-34(36-9-11-38(12-10-36)49-35(2)70-33-83-49)71-56(80)45-26-41(77)29-76(45)57(81)50(58(3,4)5)72-47(78)8-6-22-82-23-21-73-19-15-37(16-20-73)39-13-14-42(43(24-39)52(60)61)44-25-40(28-75-32-69-48-54(64)67-31-68-55(48)75)46(27-66-44)74-18-7-17-59(65,30-74)51(79)53(62)63/h9-14,24-25,27,31-34,37,41,45,50-53,77,79H,6-8,15-23,26,28-30,65H2,1-5H3,(H,71,80)(H,72,78)(H2,64,67,68)/t34-,41+,45-,50+,51+,59+/m0/s1. The normalized spacial score (nSPS) is 20.3. The highest BCUT2D eigenvalue weighted by Crippen LogP contribution is 2.39. The van der Waals surface area contributed by atoms with E-state index >= 15 is 8.78 Å². The average Bonchev–Trinajstić information content (AvgIpc) is 4.42. The van der Waals surface area contributed by atoms with Crippen molar-refractivity contribution >= 4 is 51.7 Å². The number of hydrogen-bond acceptors (Lipinski definition) is 16. The molecule has 3 fully saturated rings. The van der Waals surface area contributed by atoms with Crippen molar-refractivity contribution < 1.29 is 46.9 Å². The van der Waals surface area contributed by atoms with E-state index < -0.39 is 54.0 Å². The number of aliphatic hydroxyl groups is 2. The third-order valence-electron chi connectivity index (χ3n) is 16.4. The highest BCUT2D eigenvalue weighted by Gasteiger charge is 2.46. The fourth-order valence-electron chi connectivity index (χ4n) is 11.7. The Kier molecular flexibility index (Phi) is 19.1. The van der Waals surface area contributed by atoms with E-state index in [0.29, 0.717) is 61.6 Å². The number of aliphatic hydroxyl groups excluding tert-OH is 2. The number of likely N-dealkylation sites (tertiary alicyclic amines) is 2. The number of pyridine rings is 1. The first kappa shape index (κ1) is 60.9. The second-order valence-corrected chi connectivity index (χ2v) is 24.3. The molecule has 0 bridgehead atoms. The minimum Gasteiger partial charge on any atom is -0.391 e. The van der Waals surface area contributed by atoms with E-state index in [1.807, 2.05) is 65.0 Å². The van der Waals surface area contributed by atoms with Gasteiger partial charge in [-0.3, -0.25) is 19.4 Å². The zero-order valence-electron chi connectivity index (χ0n) is 47.5. The number of nitrogens with one attached hydrogen (secondary N) is 2. The van der Waals surface area contributed by atoms with Gasteiger partial charge in [0, 0.05) is 56.8 Å². The first-order valence-electron chi connectivity index (χ1n) is 28.3. The van der Waals surface area contributed by atoms with Crippen molar-refractivity contribution in [2.24, 2.45) is 11.1 Å². The van der Waals surface area contributed by atoms with Crippen LogP contribution in [0.1, 0.15) is 119 Å². The maximum absolute atomic E-state index is 15.1. The number of carbonyl (C=O) groups excluding carboxylic acids is 3. The van der Waals surface area contributed by atoms with E-state index in [2.05, 4.69) is 40.5 Å². The molecule has 0 saturated carbocycles. The quantitative estimate of drug-likeness (QED) is 0.0309. The maximum Gasteiger partial charge on any atom is 0.265 e. The molecule has 4 aromatic heterocycles. The number of β-amino-alcohol motifs (C(OH)–C–C–N with tert-alkyl or cyclic N) is 1. The predicted molar refractivity (Wildman–Crippen MR) is 309 cm³/mol. The maximum atomic E-state index is 15.1. The molecular weight excluding hydrogens is 1090 g/mol. The van der Waals surface area contributed by atoms with Crippen molar-refractivity contribution in [2.75, 3.05) is 63.1 Å². The van der Waals surface area contributed by atoms with Crippen LogP contribution in [0.2, 0.25) is 0 Å². The summed E-state index contributed by atoms with van der Waals surface area (Å²) in [6.45, 7) is 12.6. The molecule has 83 heavy (non-hydrogen) atoms. The summed E-state index contributed by atoms with van der Waals surface area (Å²) in [5.74, 6) is -0.934. The highest BCUT2D eigenvalue weighted by atomic mass is 32.1. The summed E-state index contributed by atoms with van der Waals surface area (Å²) in [7, 11) is 0. The molecule has 24 heteroatoms. The van der Waals surface area contributed by atoms with E-state index in [0.717, 1.165) is 53.2 Å². The molecule has 6 aromatic rings. The zero-order chi connectivity index (χ0) is 59.3. The zero-order valence-corrected chi connectivity index (χ0v) is 48.3. The lowest BCUT2D eigenvalue weighted by Gasteiger charge is -2.44. The Bertz CT molecular complexity index is 3230. The van der Waals surface area contributed by atoms with Gasteiger partial charge < -0.3 is 56.3 Å². The number of piperidine rings is 2. The molecule has 9 rings (SSSR count). The Hall–Kier alpha value is -6.70. The summed E-state index contributed by atoms with van der Waals surface area (Å²) in [4.78, 5) is 69.6. The molecule has 8 N–H and O–H groups in total. The third-order valence-corrected chi connectivity index (χ3v) is 17.4. The van der Waals surface area contributed by atoms with Crippen LogP contribution in [0.25, 0.3) is 32.9 Å². The number of amides is 3. The van der Waals surface area contributed by atoms with Crippen LogP contribution in [0.15, 0.2) is 72.9 Å².